The average molecular weight is 318 g/mol. The van der Waals surface area contributed by atoms with Crippen molar-refractivity contribution in [2.75, 3.05) is 0 Å². The Labute approximate surface area is 145 Å². The fraction of sp³-hybridized carbons (Fsp3) is 0.273. The van der Waals surface area contributed by atoms with E-state index in [1.54, 1.807) is 12.4 Å². The quantitative estimate of drug-likeness (QED) is 0.404. The van der Waals surface area contributed by atoms with Crippen molar-refractivity contribution in [2.45, 2.75) is 39.0 Å². The average Bonchev–Trinajstić information content (AvgIpc) is 2.64. The Morgan fingerprint density at radius 2 is 1.46 bits per heavy atom. The van der Waals surface area contributed by atoms with Crippen molar-refractivity contribution in [3.63, 3.8) is 0 Å². The number of pyridine rings is 2. The van der Waals surface area contributed by atoms with E-state index in [1.165, 1.54) is 0 Å². The van der Waals surface area contributed by atoms with Crippen LogP contribution in [0.5, 0.6) is 0 Å². The van der Waals surface area contributed by atoms with Crippen LogP contribution in [0, 0.1) is 0 Å². The van der Waals surface area contributed by atoms with Crippen LogP contribution in [0.2, 0.25) is 0 Å². The van der Waals surface area contributed by atoms with Crippen LogP contribution < -0.4 is 0 Å². The van der Waals surface area contributed by atoms with Gasteiger partial charge in [0.1, 0.15) is 0 Å². The Morgan fingerprint density at radius 1 is 0.792 bits per heavy atom. The van der Waals surface area contributed by atoms with Gasteiger partial charge in [0.2, 0.25) is 0 Å². The number of allylic oxidation sites excluding steroid dienone is 5. The van der Waals surface area contributed by atoms with Gasteiger partial charge >= 0.3 is 0 Å². The van der Waals surface area contributed by atoms with Crippen molar-refractivity contribution in [1.82, 2.24) is 9.97 Å². The SMILES string of the molecule is CC/C=C/CC/C=C/CC/C=C/c1ccc(-c2ccncc2)nc1. The number of unbranched alkanes of at least 4 members (excludes halogenated alkanes) is 2. The third-order valence-electron chi connectivity index (χ3n) is 3.64. The summed E-state index contributed by atoms with van der Waals surface area (Å²) in [6, 6.07) is 8.11. The second-order valence-electron chi connectivity index (χ2n) is 5.62. The van der Waals surface area contributed by atoms with E-state index >= 15 is 0 Å². The normalized spacial score (nSPS) is 11.9. The fourth-order valence-electron chi connectivity index (χ4n) is 2.32. The van der Waals surface area contributed by atoms with E-state index in [0.717, 1.165) is 48.9 Å². The molecule has 2 aromatic rings. The molecular formula is C22H26N2. The van der Waals surface area contributed by atoms with Gasteiger partial charge in [-0.2, -0.15) is 0 Å². The van der Waals surface area contributed by atoms with Crippen LogP contribution in [0.4, 0.5) is 0 Å². The molecule has 0 amide bonds. The van der Waals surface area contributed by atoms with Gasteiger partial charge in [0.25, 0.3) is 0 Å². The number of hydrogen-bond acceptors (Lipinski definition) is 2. The van der Waals surface area contributed by atoms with Gasteiger partial charge < -0.3 is 0 Å². The predicted molar refractivity (Wildman–Crippen MR) is 104 cm³/mol. The van der Waals surface area contributed by atoms with E-state index in [9.17, 15) is 0 Å². The zero-order chi connectivity index (χ0) is 16.9. The summed E-state index contributed by atoms with van der Waals surface area (Å²) < 4.78 is 0. The van der Waals surface area contributed by atoms with E-state index in [2.05, 4.69) is 65.5 Å². The van der Waals surface area contributed by atoms with Crippen molar-refractivity contribution in [2.24, 2.45) is 0 Å². The maximum absolute atomic E-state index is 4.51. The summed E-state index contributed by atoms with van der Waals surface area (Å²) in [6.07, 6.45) is 24.5. The van der Waals surface area contributed by atoms with Crippen LogP contribution in [0.15, 0.2) is 73.2 Å². The molecule has 0 fully saturated rings. The molecule has 0 atom stereocenters. The summed E-state index contributed by atoms with van der Waals surface area (Å²) in [7, 11) is 0. The van der Waals surface area contributed by atoms with Gasteiger partial charge in [-0.05, 0) is 55.9 Å². The van der Waals surface area contributed by atoms with Crippen LogP contribution >= 0.6 is 0 Å². The van der Waals surface area contributed by atoms with Crippen LogP contribution in [-0.4, -0.2) is 9.97 Å². The molecule has 0 aliphatic rings. The summed E-state index contributed by atoms with van der Waals surface area (Å²) in [5.41, 5.74) is 3.22. The lowest BCUT2D eigenvalue weighted by atomic mass is 10.1. The van der Waals surface area contributed by atoms with E-state index < -0.39 is 0 Å². The molecule has 0 N–H and O–H groups in total. The minimum atomic E-state index is 0.981. The number of hydrogen-bond donors (Lipinski definition) is 0. The molecule has 0 saturated heterocycles. The molecule has 0 saturated carbocycles. The van der Waals surface area contributed by atoms with Crippen molar-refractivity contribution < 1.29 is 0 Å². The largest absolute Gasteiger partial charge is 0.265 e. The van der Waals surface area contributed by atoms with Gasteiger partial charge in [-0.15, -0.1) is 0 Å². The Bertz CT molecular complexity index is 652. The van der Waals surface area contributed by atoms with Crippen molar-refractivity contribution in [3.05, 3.63) is 78.8 Å². The molecule has 0 aliphatic carbocycles. The smallest absolute Gasteiger partial charge is 0.0703 e. The van der Waals surface area contributed by atoms with Crippen LogP contribution in [-0.2, 0) is 0 Å². The number of aromatic nitrogens is 2. The lowest BCUT2D eigenvalue weighted by molar-refractivity contribution is 1.00. The second kappa shape index (κ2) is 11.1. The minimum absolute atomic E-state index is 0.981. The maximum Gasteiger partial charge on any atom is 0.0703 e. The first-order chi connectivity index (χ1) is 11.9. The molecule has 0 aromatic carbocycles. The lowest BCUT2D eigenvalue weighted by Crippen LogP contribution is -1.84. The summed E-state index contributed by atoms with van der Waals surface area (Å²) >= 11 is 0. The molecular weight excluding hydrogens is 292 g/mol. The first kappa shape index (κ1) is 17.9. The van der Waals surface area contributed by atoms with Crippen LogP contribution in [0.3, 0.4) is 0 Å². The molecule has 0 aliphatic heterocycles. The molecule has 2 heterocycles. The van der Waals surface area contributed by atoms with Crippen molar-refractivity contribution in [1.29, 1.82) is 0 Å². The van der Waals surface area contributed by atoms with E-state index in [0.29, 0.717) is 0 Å². The number of nitrogens with zero attached hydrogens (tertiary/aromatic N) is 2. The third kappa shape index (κ3) is 6.74. The molecule has 2 heteroatoms. The molecule has 2 nitrogen and oxygen atoms in total. The summed E-state index contributed by atoms with van der Waals surface area (Å²) in [4.78, 5) is 8.54. The van der Waals surface area contributed by atoms with Gasteiger partial charge in [-0.1, -0.05) is 49.4 Å². The molecule has 2 aromatic heterocycles. The molecule has 0 radical (unpaired) electrons. The first-order valence-electron chi connectivity index (χ1n) is 8.73. The van der Waals surface area contributed by atoms with Gasteiger partial charge in [0.15, 0.2) is 0 Å². The topological polar surface area (TPSA) is 25.8 Å². The minimum Gasteiger partial charge on any atom is -0.265 e. The zero-order valence-corrected chi connectivity index (χ0v) is 14.4. The van der Waals surface area contributed by atoms with E-state index in [4.69, 9.17) is 0 Å². The highest BCUT2D eigenvalue weighted by molar-refractivity contribution is 5.60. The van der Waals surface area contributed by atoms with Gasteiger partial charge in [-0.3, -0.25) is 9.97 Å². The van der Waals surface area contributed by atoms with Crippen molar-refractivity contribution >= 4 is 6.08 Å². The third-order valence-corrected chi connectivity index (χ3v) is 3.64. The highest BCUT2D eigenvalue weighted by Crippen LogP contribution is 2.16. The highest BCUT2D eigenvalue weighted by atomic mass is 14.7. The lowest BCUT2D eigenvalue weighted by Gasteiger charge is -2.00. The molecule has 0 bridgehead atoms. The van der Waals surface area contributed by atoms with E-state index in [1.807, 2.05) is 18.3 Å². The van der Waals surface area contributed by atoms with Crippen molar-refractivity contribution in [3.8, 4) is 11.3 Å². The second-order valence-corrected chi connectivity index (χ2v) is 5.62. The zero-order valence-electron chi connectivity index (χ0n) is 14.4. The van der Waals surface area contributed by atoms with Gasteiger partial charge in [-0.25, -0.2) is 0 Å². The fourth-order valence-corrected chi connectivity index (χ4v) is 2.32. The van der Waals surface area contributed by atoms with Crippen LogP contribution in [0.1, 0.15) is 44.6 Å². The Kier molecular flexibility index (Phi) is 8.28. The molecule has 0 unspecified atom stereocenters. The summed E-state index contributed by atoms with van der Waals surface area (Å²) in [6.45, 7) is 2.17. The van der Waals surface area contributed by atoms with Crippen LogP contribution in [0.25, 0.3) is 17.3 Å². The first-order valence-corrected chi connectivity index (χ1v) is 8.73. The number of rotatable bonds is 9. The standard InChI is InChI=1S/C22H26N2/c1-2-3-4-5-6-7-8-9-10-11-12-20-13-14-22(24-19-20)21-15-17-23-18-16-21/h3-4,7-8,11-19H,2,5-6,9-10H2,1H3/b4-3+,8-7+,12-11+. The maximum atomic E-state index is 4.51. The highest BCUT2D eigenvalue weighted by Gasteiger charge is 1.97. The molecule has 0 spiro atoms. The molecule has 124 valence electrons. The summed E-state index contributed by atoms with van der Waals surface area (Å²) in [5, 5.41) is 0. The predicted octanol–water partition coefficient (Wildman–Crippen LogP) is 6.24. The van der Waals surface area contributed by atoms with Gasteiger partial charge in [0.05, 0.1) is 5.69 Å². The molecule has 24 heavy (non-hydrogen) atoms. The Balaban J connectivity index is 1.71. The monoisotopic (exact) mass is 318 g/mol. The van der Waals surface area contributed by atoms with E-state index in [-0.39, 0.29) is 0 Å². The molecule has 2 rings (SSSR count). The Morgan fingerprint density at radius 3 is 2.08 bits per heavy atom. The summed E-state index contributed by atoms with van der Waals surface area (Å²) in [5.74, 6) is 0. The van der Waals surface area contributed by atoms with Gasteiger partial charge in [0, 0.05) is 24.2 Å². The Hall–Kier alpha value is -2.48.